The number of rotatable bonds is 0. The van der Waals surface area contributed by atoms with Gasteiger partial charge in [0, 0.05) is 10.7 Å². The highest BCUT2D eigenvalue weighted by Gasteiger charge is 2.57. The Labute approximate surface area is 70.3 Å². The maximum absolute atomic E-state index is 5.92. The first-order valence-electron chi connectivity index (χ1n) is 2.93. The van der Waals surface area contributed by atoms with E-state index >= 15 is 0 Å². The lowest BCUT2D eigenvalue weighted by Gasteiger charge is -2.52. The quantitative estimate of drug-likeness (QED) is 0.522. The Balaban J connectivity index is 2.70. The molecule has 0 amide bonds. The van der Waals surface area contributed by atoms with E-state index in [1.807, 2.05) is 0 Å². The minimum absolute atomic E-state index is 0.0702. The third-order valence-electron chi connectivity index (χ3n) is 2.09. The summed E-state index contributed by atoms with van der Waals surface area (Å²) in [5.74, 6) is 0. The van der Waals surface area contributed by atoms with Crippen molar-refractivity contribution in [1.82, 2.24) is 0 Å². The van der Waals surface area contributed by atoms with Crippen molar-refractivity contribution >= 4 is 35.0 Å². The van der Waals surface area contributed by atoms with E-state index in [9.17, 15) is 0 Å². The number of alkyl halides is 2. The van der Waals surface area contributed by atoms with Crippen LogP contribution in [0.5, 0.6) is 0 Å². The Kier molecular flexibility index (Phi) is 1.75. The average Bonchev–Trinajstić information content (AvgIpc) is 1.65. The summed E-state index contributed by atoms with van der Waals surface area (Å²) >= 11 is 13.5. The zero-order valence-electron chi connectivity index (χ0n) is 5.74. The van der Waals surface area contributed by atoms with Crippen LogP contribution in [0.1, 0.15) is 20.8 Å². The second-order valence-corrected chi connectivity index (χ2v) is 6.33. The summed E-state index contributed by atoms with van der Waals surface area (Å²) in [6.45, 7) is 6.33. The summed E-state index contributed by atoms with van der Waals surface area (Å²) in [5, 5.41) is 0.576. The molecule has 0 nitrogen and oxygen atoms in total. The molecule has 0 aromatic rings. The average molecular weight is 185 g/mol. The zero-order chi connectivity index (χ0) is 7.28. The molecule has 9 heavy (non-hydrogen) atoms. The second kappa shape index (κ2) is 1.96. The van der Waals surface area contributed by atoms with Crippen LogP contribution in [-0.4, -0.2) is 8.92 Å². The SMILES string of the molecule is CC1SC(Cl)(Cl)C1(C)C. The summed E-state index contributed by atoms with van der Waals surface area (Å²) in [4.78, 5) is 0. The van der Waals surface area contributed by atoms with Crippen molar-refractivity contribution in [1.29, 1.82) is 0 Å². The second-order valence-electron chi connectivity index (χ2n) is 3.00. The third kappa shape index (κ3) is 0.979. The van der Waals surface area contributed by atoms with Gasteiger partial charge in [0.25, 0.3) is 0 Å². The Hall–Kier alpha value is 0.930. The molecule has 0 spiro atoms. The molecule has 0 radical (unpaired) electrons. The van der Waals surface area contributed by atoms with Gasteiger partial charge in [-0.1, -0.05) is 44.0 Å². The standard InChI is InChI=1S/C6H10Cl2S/c1-4-5(2,3)6(7,8)9-4/h4H,1-3H3. The molecule has 54 valence electrons. The molecule has 1 aliphatic rings. The van der Waals surface area contributed by atoms with Gasteiger partial charge < -0.3 is 0 Å². The van der Waals surface area contributed by atoms with Crippen LogP contribution in [0.25, 0.3) is 0 Å². The highest BCUT2D eigenvalue weighted by Crippen LogP contribution is 2.65. The predicted octanol–water partition coefficient (Wildman–Crippen LogP) is 3.28. The minimum Gasteiger partial charge on any atom is -0.119 e. The van der Waals surface area contributed by atoms with Crippen LogP contribution in [0.4, 0.5) is 0 Å². The zero-order valence-corrected chi connectivity index (χ0v) is 8.07. The van der Waals surface area contributed by atoms with Crippen LogP contribution in [0.2, 0.25) is 0 Å². The van der Waals surface area contributed by atoms with Crippen molar-refractivity contribution in [3.05, 3.63) is 0 Å². The van der Waals surface area contributed by atoms with Crippen LogP contribution >= 0.6 is 35.0 Å². The van der Waals surface area contributed by atoms with Crippen molar-refractivity contribution in [3.8, 4) is 0 Å². The lowest BCUT2D eigenvalue weighted by molar-refractivity contribution is 0.338. The molecule has 1 rings (SSSR count). The lowest BCUT2D eigenvalue weighted by Crippen LogP contribution is -2.50. The van der Waals surface area contributed by atoms with E-state index in [0.717, 1.165) is 0 Å². The largest absolute Gasteiger partial charge is 0.169 e. The highest BCUT2D eigenvalue weighted by molar-refractivity contribution is 8.05. The Morgan fingerprint density at radius 3 is 1.78 bits per heavy atom. The number of thioether (sulfide) groups is 1. The molecule has 1 fully saturated rings. The van der Waals surface area contributed by atoms with E-state index in [4.69, 9.17) is 23.2 Å². The van der Waals surface area contributed by atoms with Gasteiger partial charge >= 0.3 is 0 Å². The summed E-state index contributed by atoms with van der Waals surface area (Å²) < 4.78 is -0.549. The summed E-state index contributed by atoms with van der Waals surface area (Å²) in [6, 6.07) is 0. The molecule has 0 bridgehead atoms. The van der Waals surface area contributed by atoms with Crippen molar-refractivity contribution in [2.45, 2.75) is 29.7 Å². The van der Waals surface area contributed by atoms with E-state index in [2.05, 4.69) is 20.8 Å². The van der Waals surface area contributed by atoms with Gasteiger partial charge in [-0.2, -0.15) is 0 Å². The van der Waals surface area contributed by atoms with Gasteiger partial charge in [-0.15, -0.1) is 11.8 Å². The fraction of sp³-hybridized carbons (Fsp3) is 1.00. The van der Waals surface area contributed by atoms with Gasteiger partial charge in [0.1, 0.15) is 0 Å². The summed E-state index contributed by atoms with van der Waals surface area (Å²) in [5.41, 5.74) is 0.0702. The van der Waals surface area contributed by atoms with Crippen molar-refractivity contribution in [3.63, 3.8) is 0 Å². The molecule has 0 aliphatic carbocycles. The van der Waals surface area contributed by atoms with Gasteiger partial charge in [-0.05, 0) is 0 Å². The molecular weight excluding hydrogens is 175 g/mol. The topological polar surface area (TPSA) is 0 Å². The molecule has 0 aromatic heterocycles. The molecule has 1 aliphatic heterocycles. The highest BCUT2D eigenvalue weighted by atomic mass is 35.5. The number of hydrogen-bond donors (Lipinski definition) is 0. The van der Waals surface area contributed by atoms with Crippen molar-refractivity contribution in [2.75, 3.05) is 0 Å². The Morgan fingerprint density at radius 1 is 1.33 bits per heavy atom. The summed E-state index contributed by atoms with van der Waals surface area (Å²) in [7, 11) is 0. The Bertz CT molecular complexity index is 131. The molecule has 1 heterocycles. The first kappa shape index (κ1) is 8.03. The van der Waals surface area contributed by atoms with Crippen molar-refractivity contribution < 1.29 is 0 Å². The molecule has 1 atom stereocenters. The van der Waals surface area contributed by atoms with Crippen molar-refractivity contribution in [2.24, 2.45) is 5.41 Å². The number of hydrogen-bond acceptors (Lipinski definition) is 1. The molecular formula is C6H10Cl2S. The van der Waals surface area contributed by atoms with Crippen LogP contribution < -0.4 is 0 Å². The first-order chi connectivity index (χ1) is 3.88. The molecule has 0 aromatic carbocycles. The molecule has 1 unspecified atom stereocenters. The van der Waals surface area contributed by atoms with Gasteiger partial charge in [0.05, 0.1) is 0 Å². The fourth-order valence-corrected chi connectivity index (χ4v) is 3.17. The minimum atomic E-state index is -0.549. The van der Waals surface area contributed by atoms with Gasteiger partial charge in [-0.3, -0.25) is 0 Å². The van der Waals surface area contributed by atoms with Gasteiger partial charge in [0.2, 0.25) is 0 Å². The number of halogens is 2. The fourth-order valence-electron chi connectivity index (χ4n) is 0.700. The van der Waals surface area contributed by atoms with Crippen LogP contribution in [0.3, 0.4) is 0 Å². The van der Waals surface area contributed by atoms with E-state index in [-0.39, 0.29) is 5.41 Å². The maximum Gasteiger partial charge on any atom is 0.169 e. The van der Waals surface area contributed by atoms with Crippen LogP contribution in [0, 0.1) is 5.41 Å². The molecule has 0 N–H and O–H groups in total. The monoisotopic (exact) mass is 184 g/mol. The van der Waals surface area contributed by atoms with E-state index in [1.54, 1.807) is 11.8 Å². The van der Waals surface area contributed by atoms with E-state index in [0.29, 0.717) is 5.25 Å². The smallest absolute Gasteiger partial charge is 0.119 e. The third-order valence-corrected chi connectivity index (χ3v) is 5.36. The lowest BCUT2D eigenvalue weighted by atomic mass is 9.90. The molecule has 0 saturated carbocycles. The molecule has 1 saturated heterocycles. The van der Waals surface area contributed by atoms with Gasteiger partial charge in [-0.25, -0.2) is 0 Å². The molecule has 3 heteroatoms. The van der Waals surface area contributed by atoms with E-state index in [1.165, 1.54) is 0 Å². The van der Waals surface area contributed by atoms with Crippen LogP contribution in [0.15, 0.2) is 0 Å². The normalized spacial score (nSPS) is 37.7. The maximum atomic E-state index is 5.92. The Morgan fingerprint density at radius 2 is 1.78 bits per heavy atom. The van der Waals surface area contributed by atoms with E-state index < -0.39 is 3.67 Å². The predicted molar refractivity (Wildman–Crippen MR) is 45.3 cm³/mol. The van der Waals surface area contributed by atoms with Crippen LogP contribution in [-0.2, 0) is 0 Å². The first-order valence-corrected chi connectivity index (χ1v) is 4.57. The van der Waals surface area contributed by atoms with Gasteiger partial charge in [0.15, 0.2) is 3.67 Å². The summed E-state index contributed by atoms with van der Waals surface area (Å²) in [6.07, 6.45) is 0.